The Hall–Kier alpha value is -0.780. The fourth-order valence-corrected chi connectivity index (χ4v) is 4.60. The molecule has 1 atom stereocenters. The first kappa shape index (κ1) is 13.2. The SMILES string of the molecule is CC(NC1CCS(=O)CC1)c1cnc2ccsc2c1. The lowest BCUT2D eigenvalue weighted by atomic mass is 10.1. The van der Waals surface area contributed by atoms with Gasteiger partial charge in [-0.05, 0) is 42.8 Å². The third kappa shape index (κ3) is 3.04. The summed E-state index contributed by atoms with van der Waals surface area (Å²) in [4.78, 5) is 4.49. The summed E-state index contributed by atoms with van der Waals surface area (Å²) in [5, 5.41) is 5.72. The van der Waals surface area contributed by atoms with Crippen LogP contribution >= 0.6 is 11.3 Å². The zero-order chi connectivity index (χ0) is 13.2. The van der Waals surface area contributed by atoms with Gasteiger partial charge in [-0.2, -0.15) is 0 Å². The number of hydrogen-bond donors (Lipinski definition) is 1. The first-order valence-electron chi connectivity index (χ1n) is 6.66. The molecule has 0 amide bonds. The van der Waals surface area contributed by atoms with Crippen LogP contribution in [0.4, 0.5) is 0 Å². The summed E-state index contributed by atoms with van der Waals surface area (Å²) in [6.45, 7) is 2.18. The molecule has 0 radical (unpaired) electrons. The van der Waals surface area contributed by atoms with E-state index in [0.717, 1.165) is 29.9 Å². The van der Waals surface area contributed by atoms with Crippen LogP contribution in [-0.2, 0) is 10.8 Å². The van der Waals surface area contributed by atoms with Gasteiger partial charge in [0.05, 0.1) is 10.2 Å². The number of pyridine rings is 1. The van der Waals surface area contributed by atoms with Crippen LogP contribution in [0.15, 0.2) is 23.7 Å². The van der Waals surface area contributed by atoms with Gasteiger partial charge in [0.2, 0.25) is 0 Å². The number of hydrogen-bond acceptors (Lipinski definition) is 4. The first-order chi connectivity index (χ1) is 9.22. The summed E-state index contributed by atoms with van der Waals surface area (Å²) in [6, 6.07) is 5.08. The number of aromatic nitrogens is 1. The highest BCUT2D eigenvalue weighted by Gasteiger charge is 2.20. The van der Waals surface area contributed by atoms with Gasteiger partial charge < -0.3 is 5.32 Å². The molecule has 102 valence electrons. The Kier molecular flexibility index (Phi) is 3.96. The molecule has 0 bridgehead atoms. The quantitative estimate of drug-likeness (QED) is 0.946. The van der Waals surface area contributed by atoms with Crippen molar-refractivity contribution in [3.63, 3.8) is 0 Å². The monoisotopic (exact) mass is 294 g/mol. The minimum atomic E-state index is -0.584. The van der Waals surface area contributed by atoms with Crippen molar-refractivity contribution >= 4 is 32.4 Å². The highest BCUT2D eigenvalue weighted by atomic mass is 32.2. The van der Waals surface area contributed by atoms with Crippen LogP contribution in [0, 0.1) is 0 Å². The second kappa shape index (κ2) is 5.69. The molecule has 5 heteroatoms. The van der Waals surface area contributed by atoms with Crippen molar-refractivity contribution < 1.29 is 4.21 Å². The van der Waals surface area contributed by atoms with E-state index in [2.05, 4.69) is 34.7 Å². The van der Waals surface area contributed by atoms with Crippen LogP contribution < -0.4 is 5.32 Å². The molecule has 2 aromatic heterocycles. The van der Waals surface area contributed by atoms with Gasteiger partial charge in [-0.3, -0.25) is 9.19 Å². The Labute approximate surface area is 119 Å². The van der Waals surface area contributed by atoms with Gasteiger partial charge in [-0.1, -0.05) is 0 Å². The molecule has 0 aliphatic carbocycles. The van der Waals surface area contributed by atoms with Gasteiger partial charge in [0.25, 0.3) is 0 Å². The molecule has 1 unspecified atom stereocenters. The zero-order valence-electron chi connectivity index (χ0n) is 11.0. The van der Waals surface area contributed by atoms with Crippen molar-refractivity contribution in [1.29, 1.82) is 0 Å². The average Bonchev–Trinajstić information content (AvgIpc) is 2.88. The smallest absolute Gasteiger partial charge is 0.0809 e. The third-order valence-electron chi connectivity index (χ3n) is 3.70. The molecule has 0 spiro atoms. The maximum absolute atomic E-state index is 11.4. The molecule has 2 aromatic rings. The van der Waals surface area contributed by atoms with Crippen LogP contribution in [0.5, 0.6) is 0 Å². The predicted octanol–water partition coefficient (Wildman–Crippen LogP) is 2.86. The van der Waals surface area contributed by atoms with Gasteiger partial charge in [0.15, 0.2) is 0 Å². The van der Waals surface area contributed by atoms with Crippen LogP contribution in [0.1, 0.15) is 31.4 Å². The lowest BCUT2D eigenvalue weighted by molar-refractivity contribution is 0.426. The molecule has 1 N–H and O–H groups in total. The van der Waals surface area contributed by atoms with Gasteiger partial charge in [-0.25, -0.2) is 0 Å². The molecule has 1 aliphatic rings. The standard InChI is InChI=1S/C14H18N2OS2/c1-10(16-12-3-6-19(17)7-4-12)11-8-14-13(15-9-11)2-5-18-14/h2,5,8-10,12,16H,3-4,6-7H2,1H3. The molecule has 1 fully saturated rings. The maximum atomic E-state index is 11.4. The van der Waals surface area contributed by atoms with Crippen molar-refractivity contribution in [1.82, 2.24) is 10.3 Å². The van der Waals surface area contributed by atoms with E-state index in [1.54, 1.807) is 11.3 Å². The first-order valence-corrected chi connectivity index (χ1v) is 9.03. The Morgan fingerprint density at radius 1 is 1.47 bits per heavy atom. The number of rotatable bonds is 3. The highest BCUT2D eigenvalue weighted by molar-refractivity contribution is 7.85. The van der Waals surface area contributed by atoms with E-state index in [-0.39, 0.29) is 0 Å². The highest BCUT2D eigenvalue weighted by Crippen LogP contribution is 2.23. The van der Waals surface area contributed by atoms with Crippen molar-refractivity contribution in [2.45, 2.75) is 31.8 Å². The minimum Gasteiger partial charge on any atom is -0.307 e. The Balaban J connectivity index is 1.69. The van der Waals surface area contributed by atoms with E-state index in [0.29, 0.717) is 12.1 Å². The summed E-state index contributed by atoms with van der Waals surface area (Å²) in [5.41, 5.74) is 2.32. The lowest BCUT2D eigenvalue weighted by Gasteiger charge is -2.26. The maximum Gasteiger partial charge on any atom is 0.0809 e. The Bertz CT molecular complexity index is 586. The molecule has 3 rings (SSSR count). The predicted molar refractivity (Wildman–Crippen MR) is 82.1 cm³/mol. The van der Waals surface area contributed by atoms with E-state index < -0.39 is 10.8 Å². The number of nitrogens with zero attached hydrogens (tertiary/aromatic N) is 1. The zero-order valence-corrected chi connectivity index (χ0v) is 12.6. The summed E-state index contributed by atoms with van der Waals surface area (Å²) in [5.74, 6) is 1.68. The van der Waals surface area contributed by atoms with Crippen LogP contribution in [0.3, 0.4) is 0 Å². The fourth-order valence-electron chi connectivity index (χ4n) is 2.51. The second-order valence-corrected chi connectivity index (χ2v) is 7.73. The molecular formula is C14H18N2OS2. The molecule has 0 saturated carbocycles. The van der Waals surface area contributed by atoms with Gasteiger partial charge >= 0.3 is 0 Å². The number of thiophene rings is 1. The number of nitrogens with one attached hydrogen (secondary N) is 1. The largest absolute Gasteiger partial charge is 0.307 e. The lowest BCUT2D eigenvalue weighted by Crippen LogP contribution is -2.37. The van der Waals surface area contributed by atoms with Crippen LogP contribution in [0.2, 0.25) is 0 Å². The fraction of sp³-hybridized carbons (Fsp3) is 0.500. The average molecular weight is 294 g/mol. The molecular weight excluding hydrogens is 276 g/mol. The van der Waals surface area contributed by atoms with E-state index in [4.69, 9.17) is 0 Å². The van der Waals surface area contributed by atoms with E-state index in [1.807, 2.05) is 6.20 Å². The van der Waals surface area contributed by atoms with Gasteiger partial charge in [0, 0.05) is 40.6 Å². The summed E-state index contributed by atoms with van der Waals surface area (Å²) < 4.78 is 12.6. The van der Waals surface area contributed by atoms with Crippen molar-refractivity contribution in [3.05, 3.63) is 29.3 Å². The molecule has 3 heterocycles. The van der Waals surface area contributed by atoms with E-state index >= 15 is 0 Å². The minimum absolute atomic E-state index is 0.301. The molecule has 3 nitrogen and oxygen atoms in total. The molecule has 19 heavy (non-hydrogen) atoms. The van der Waals surface area contributed by atoms with Crippen molar-refractivity contribution in [2.75, 3.05) is 11.5 Å². The summed E-state index contributed by atoms with van der Waals surface area (Å²) in [6.07, 6.45) is 4.00. The van der Waals surface area contributed by atoms with Crippen LogP contribution in [-0.4, -0.2) is 26.7 Å². The van der Waals surface area contributed by atoms with Gasteiger partial charge in [-0.15, -0.1) is 11.3 Å². The summed E-state index contributed by atoms with van der Waals surface area (Å²) >= 11 is 1.73. The third-order valence-corrected chi connectivity index (χ3v) is 5.93. The van der Waals surface area contributed by atoms with Gasteiger partial charge in [0.1, 0.15) is 0 Å². The van der Waals surface area contributed by atoms with Crippen molar-refractivity contribution in [3.8, 4) is 0 Å². The Morgan fingerprint density at radius 3 is 3.05 bits per heavy atom. The second-order valence-electron chi connectivity index (χ2n) is 5.08. The van der Waals surface area contributed by atoms with E-state index in [1.165, 1.54) is 10.3 Å². The Morgan fingerprint density at radius 2 is 2.26 bits per heavy atom. The summed E-state index contributed by atoms with van der Waals surface area (Å²) in [7, 11) is -0.584. The molecule has 1 saturated heterocycles. The molecule has 1 aliphatic heterocycles. The topological polar surface area (TPSA) is 42.0 Å². The normalized spacial score (nSPS) is 25.5. The molecule has 0 aromatic carbocycles. The van der Waals surface area contributed by atoms with Crippen LogP contribution in [0.25, 0.3) is 10.2 Å². The van der Waals surface area contributed by atoms with Crippen molar-refractivity contribution in [2.24, 2.45) is 0 Å². The van der Waals surface area contributed by atoms with E-state index in [9.17, 15) is 4.21 Å². The number of fused-ring (bicyclic) bond motifs is 1.